The first-order chi connectivity index (χ1) is 6.49. The first-order valence-electron chi connectivity index (χ1n) is 4.97. The van der Waals surface area contributed by atoms with E-state index in [1.807, 2.05) is 27.7 Å². The van der Waals surface area contributed by atoms with E-state index in [-0.39, 0.29) is 12.2 Å². The lowest BCUT2D eigenvalue weighted by Crippen LogP contribution is -2.26. The average Bonchev–Trinajstić information content (AvgIpc) is 2.08. The van der Waals surface area contributed by atoms with Crippen LogP contribution in [0.25, 0.3) is 0 Å². The number of hydrogen-bond donors (Lipinski definition) is 1. The zero-order chi connectivity index (χ0) is 11.0. The van der Waals surface area contributed by atoms with Gasteiger partial charge in [0, 0.05) is 6.61 Å². The van der Waals surface area contributed by atoms with Crippen molar-refractivity contribution in [2.24, 2.45) is 0 Å². The van der Waals surface area contributed by atoms with Crippen molar-refractivity contribution in [3.05, 3.63) is 0 Å². The smallest absolute Gasteiger partial charge is 0.180 e. The van der Waals surface area contributed by atoms with Crippen molar-refractivity contribution in [1.29, 1.82) is 0 Å². The number of ether oxygens (including phenoxy) is 3. The van der Waals surface area contributed by atoms with Crippen molar-refractivity contribution >= 4 is 0 Å². The van der Waals surface area contributed by atoms with Gasteiger partial charge >= 0.3 is 0 Å². The normalized spacial score (nSPS) is 14.4. The SMILES string of the molecule is CCOC(CO)OCCOC(C)(C)C. The molecule has 0 spiro atoms. The second kappa shape index (κ2) is 7.17. The summed E-state index contributed by atoms with van der Waals surface area (Å²) in [6.45, 7) is 9.17. The van der Waals surface area contributed by atoms with Gasteiger partial charge in [0.05, 0.1) is 25.4 Å². The van der Waals surface area contributed by atoms with Gasteiger partial charge in [-0.15, -0.1) is 0 Å². The molecular formula is C10H22O4. The standard InChI is InChI=1S/C10H22O4/c1-5-12-9(8-11)13-6-7-14-10(2,3)4/h9,11H,5-8H2,1-4H3. The molecule has 0 aromatic rings. The summed E-state index contributed by atoms with van der Waals surface area (Å²) < 4.78 is 15.8. The second-order valence-electron chi connectivity index (χ2n) is 3.90. The topological polar surface area (TPSA) is 47.9 Å². The Balaban J connectivity index is 3.42. The van der Waals surface area contributed by atoms with Crippen molar-refractivity contribution in [1.82, 2.24) is 0 Å². The molecule has 14 heavy (non-hydrogen) atoms. The molecule has 0 saturated heterocycles. The van der Waals surface area contributed by atoms with Crippen LogP contribution in [0.4, 0.5) is 0 Å². The highest BCUT2D eigenvalue weighted by Crippen LogP contribution is 2.06. The maximum atomic E-state index is 8.83. The third kappa shape index (κ3) is 8.44. The first-order valence-corrected chi connectivity index (χ1v) is 4.97. The predicted octanol–water partition coefficient (Wildman–Crippen LogP) is 1.17. The summed E-state index contributed by atoms with van der Waals surface area (Å²) in [5.41, 5.74) is -0.149. The van der Waals surface area contributed by atoms with Crippen LogP contribution in [0, 0.1) is 0 Å². The van der Waals surface area contributed by atoms with Crippen LogP contribution < -0.4 is 0 Å². The predicted molar refractivity (Wildman–Crippen MR) is 54.2 cm³/mol. The van der Waals surface area contributed by atoms with Crippen molar-refractivity contribution in [3.63, 3.8) is 0 Å². The maximum absolute atomic E-state index is 8.83. The Morgan fingerprint density at radius 3 is 2.21 bits per heavy atom. The molecule has 1 unspecified atom stereocenters. The van der Waals surface area contributed by atoms with Crippen molar-refractivity contribution in [3.8, 4) is 0 Å². The molecule has 0 aliphatic heterocycles. The molecule has 0 fully saturated rings. The summed E-state index contributed by atoms with van der Waals surface area (Å²) in [5, 5.41) is 8.83. The van der Waals surface area contributed by atoms with Gasteiger partial charge in [-0.25, -0.2) is 0 Å². The number of aliphatic hydroxyl groups is 1. The summed E-state index contributed by atoms with van der Waals surface area (Å²) >= 11 is 0. The Labute approximate surface area is 86.2 Å². The first kappa shape index (κ1) is 13.8. The van der Waals surface area contributed by atoms with E-state index in [9.17, 15) is 0 Å². The van der Waals surface area contributed by atoms with Gasteiger partial charge in [0.15, 0.2) is 6.29 Å². The van der Waals surface area contributed by atoms with Crippen LogP contribution in [0.2, 0.25) is 0 Å². The molecule has 0 bridgehead atoms. The molecule has 0 amide bonds. The third-order valence-corrected chi connectivity index (χ3v) is 1.42. The van der Waals surface area contributed by atoms with E-state index in [1.165, 1.54) is 0 Å². The Kier molecular flexibility index (Phi) is 7.09. The Morgan fingerprint density at radius 1 is 1.14 bits per heavy atom. The average molecular weight is 206 g/mol. The number of aliphatic hydroxyl groups excluding tert-OH is 1. The maximum Gasteiger partial charge on any atom is 0.180 e. The minimum absolute atomic E-state index is 0.122. The summed E-state index contributed by atoms with van der Waals surface area (Å²) in [5.74, 6) is 0. The highest BCUT2D eigenvalue weighted by molar-refractivity contribution is 4.58. The molecule has 0 aliphatic rings. The third-order valence-electron chi connectivity index (χ3n) is 1.42. The summed E-state index contributed by atoms with van der Waals surface area (Å²) in [6, 6.07) is 0. The quantitative estimate of drug-likeness (QED) is 0.502. The van der Waals surface area contributed by atoms with Gasteiger partial charge in [-0.05, 0) is 27.7 Å². The Hall–Kier alpha value is -0.160. The fourth-order valence-electron chi connectivity index (χ4n) is 0.867. The monoisotopic (exact) mass is 206 g/mol. The fourth-order valence-corrected chi connectivity index (χ4v) is 0.867. The molecule has 0 radical (unpaired) electrons. The van der Waals surface area contributed by atoms with E-state index < -0.39 is 6.29 Å². The van der Waals surface area contributed by atoms with Crippen molar-refractivity contribution in [2.45, 2.75) is 39.6 Å². The fraction of sp³-hybridized carbons (Fsp3) is 1.00. The molecule has 0 aromatic carbocycles. The Bertz CT molecular complexity index is 131. The van der Waals surface area contributed by atoms with Crippen molar-refractivity contribution in [2.75, 3.05) is 26.4 Å². The lowest BCUT2D eigenvalue weighted by Gasteiger charge is -2.21. The molecular weight excluding hydrogens is 184 g/mol. The molecule has 0 aliphatic carbocycles. The summed E-state index contributed by atoms with van der Waals surface area (Å²) in [6.07, 6.45) is -0.524. The minimum Gasteiger partial charge on any atom is -0.391 e. The molecule has 4 heteroatoms. The lowest BCUT2D eigenvalue weighted by molar-refractivity contribution is -0.172. The zero-order valence-electron chi connectivity index (χ0n) is 9.58. The molecule has 0 saturated carbocycles. The van der Waals surface area contributed by atoms with Gasteiger partial charge < -0.3 is 19.3 Å². The van der Waals surface area contributed by atoms with Crippen LogP contribution >= 0.6 is 0 Å². The highest BCUT2D eigenvalue weighted by Gasteiger charge is 2.11. The molecule has 0 aromatic heterocycles. The minimum atomic E-state index is -0.524. The molecule has 0 heterocycles. The molecule has 1 N–H and O–H groups in total. The molecule has 1 atom stereocenters. The van der Waals surface area contributed by atoms with Gasteiger partial charge in [0.2, 0.25) is 0 Å². The van der Waals surface area contributed by atoms with Crippen LogP contribution in [-0.2, 0) is 14.2 Å². The highest BCUT2D eigenvalue weighted by atomic mass is 16.7. The van der Waals surface area contributed by atoms with Crippen LogP contribution in [0.3, 0.4) is 0 Å². The number of hydrogen-bond acceptors (Lipinski definition) is 4. The van der Waals surface area contributed by atoms with Gasteiger partial charge in [-0.3, -0.25) is 0 Å². The van der Waals surface area contributed by atoms with E-state index in [2.05, 4.69) is 0 Å². The zero-order valence-corrected chi connectivity index (χ0v) is 9.58. The summed E-state index contributed by atoms with van der Waals surface area (Å²) in [7, 11) is 0. The lowest BCUT2D eigenvalue weighted by atomic mass is 10.2. The van der Waals surface area contributed by atoms with E-state index in [1.54, 1.807) is 0 Å². The number of rotatable bonds is 7. The van der Waals surface area contributed by atoms with E-state index in [0.717, 1.165) is 0 Å². The van der Waals surface area contributed by atoms with Crippen LogP contribution in [-0.4, -0.2) is 43.4 Å². The van der Waals surface area contributed by atoms with Crippen LogP contribution in [0.15, 0.2) is 0 Å². The van der Waals surface area contributed by atoms with E-state index >= 15 is 0 Å². The molecule has 0 rings (SSSR count). The Morgan fingerprint density at radius 2 is 1.79 bits per heavy atom. The van der Waals surface area contributed by atoms with E-state index in [0.29, 0.717) is 19.8 Å². The largest absolute Gasteiger partial charge is 0.391 e. The van der Waals surface area contributed by atoms with Gasteiger partial charge in [0.1, 0.15) is 0 Å². The van der Waals surface area contributed by atoms with E-state index in [4.69, 9.17) is 19.3 Å². The van der Waals surface area contributed by atoms with Crippen molar-refractivity contribution < 1.29 is 19.3 Å². The van der Waals surface area contributed by atoms with Gasteiger partial charge in [-0.2, -0.15) is 0 Å². The van der Waals surface area contributed by atoms with Gasteiger partial charge in [-0.1, -0.05) is 0 Å². The second-order valence-corrected chi connectivity index (χ2v) is 3.90. The van der Waals surface area contributed by atoms with Crippen LogP contribution in [0.1, 0.15) is 27.7 Å². The van der Waals surface area contributed by atoms with Gasteiger partial charge in [0.25, 0.3) is 0 Å². The summed E-state index contributed by atoms with van der Waals surface area (Å²) in [4.78, 5) is 0. The van der Waals surface area contributed by atoms with Crippen LogP contribution in [0.5, 0.6) is 0 Å². The molecule has 4 nitrogen and oxygen atoms in total. The molecule has 86 valence electrons.